The van der Waals surface area contributed by atoms with Gasteiger partial charge in [-0.3, -0.25) is 4.79 Å². The molecule has 6 nitrogen and oxygen atoms in total. The molecular weight excluding hydrogens is 352 g/mol. The first kappa shape index (κ1) is 20.7. The number of nitrogens with one attached hydrogen (secondary N) is 1. The van der Waals surface area contributed by atoms with Crippen LogP contribution in [0.5, 0.6) is 5.75 Å². The molecule has 1 amide bonds. The van der Waals surface area contributed by atoms with Gasteiger partial charge in [-0.25, -0.2) is 8.42 Å². The van der Waals surface area contributed by atoms with Gasteiger partial charge in [0.15, 0.2) is 0 Å². The van der Waals surface area contributed by atoms with Crippen LogP contribution in [0.4, 0.5) is 0 Å². The molecule has 1 aliphatic rings. The summed E-state index contributed by atoms with van der Waals surface area (Å²) in [5.74, 6) is 0.285. The number of hydrogen-bond acceptors (Lipinski definition) is 4. The SMILES string of the molecule is COc1ccc(S(=O)(=O)N2CCCC(C(=O)NCC(C)(C)C)C2)cc1C. The van der Waals surface area contributed by atoms with Crippen molar-refractivity contribution in [3.05, 3.63) is 23.8 Å². The van der Waals surface area contributed by atoms with Crippen molar-refractivity contribution in [3.63, 3.8) is 0 Å². The maximum Gasteiger partial charge on any atom is 0.243 e. The number of hydrogen-bond donors (Lipinski definition) is 1. The second-order valence-electron chi connectivity index (χ2n) is 8.11. The Hall–Kier alpha value is -1.60. The first-order valence-corrected chi connectivity index (χ1v) is 10.4. The first-order chi connectivity index (χ1) is 12.0. The van der Waals surface area contributed by atoms with E-state index in [2.05, 4.69) is 26.1 Å². The molecule has 1 aromatic carbocycles. The van der Waals surface area contributed by atoms with Crippen LogP contribution < -0.4 is 10.1 Å². The molecule has 1 atom stereocenters. The maximum absolute atomic E-state index is 13.0. The quantitative estimate of drug-likeness (QED) is 0.849. The molecule has 1 unspecified atom stereocenters. The highest BCUT2D eigenvalue weighted by atomic mass is 32.2. The van der Waals surface area contributed by atoms with E-state index in [1.807, 2.05) is 6.92 Å². The van der Waals surface area contributed by atoms with E-state index in [4.69, 9.17) is 4.74 Å². The zero-order valence-electron chi connectivity index (χ0n) is 16.3. The number of carbonyl (C=O) groups excluding carboxylic acids is 1. The summed E-state index contributed by atoms with van der Waals surface area (Å²) >= 11 is 0. The van der Waals surface area contributed by atoms with Crippen LogP contribution in [-0.2, 0) is 14.8 Å². The third-order valence-electron chi connectivity index (χ3n) is 4.55. The van der Waals surface area contributed by atoms with Gasteiger partial charge >= 0.3 is 0 Å². The predicted octanol–water partition coefficient (Wildman–Crippen LogP) is 2.57. The van der Waals surface area contributed by atoms with E-state index in [0.717, 1.165) is 5.56 Å². The van der Waals surface area contributed by atoms with Crippen LogP contribution in [-0.4, -0.2) is 45.4 Å². The molecule has 1 fully saturated rings. The fourth-order valence-corrected chi connectivity index (χ4v) is 4.64. The van der Waals surface area contributed by atoms with Crippen molar-refractivity contribution in [2.45, 2.75) is 45.4 Å². The molecule has 2 rings (SSSR count). The van der Waals surface area contributed by atoms with E-state index < -0.39 is 10.0 Å². The van der Waals surface area contributed by atoms with Crippen LogP contribution >= 0.6 is 0 Å². The van der Waals surface area contributed by atoms with E-state index in [9.17, 15) is 13.2 Å². The molecule has 0 saturated carbocycles. The van der Waals surface area contributed by atoms with Crippen molar-refractivity contribution in [2.75, 3.05) is 26.7 Å². The highest BCUT2D eigenvalue weighted by Crippen LogP contribution is 2.27. The van der Waals surface area contributed by atoms with E-state index in [1.54, 1.807) is 25.3 Å². The summed E-state index contributed by atoms with van der Waals surface area (Å²) in [6.45, 7) is 9.22. The maximum atomic E-state index is 13.0. The van der Waals surface area contributed by atoms with Crippen LogP contribution in [0.3, 0.4) is 0 Å². The van der Waals surface area contributed by atoms with Crippen molar-refractivity contribution >= 4 is 15.9 Å². The molecular formula is C19H30N2O4S. The average Bonchev–Trinajstić information content (AvgIpc) is 2.59. The van der Waals surface area contributed by atoms with Crippen molar-refractivity contribution in [1.29, 1.82) is 0 Å². The highest BCUT2D eigenvalue weighted by molar-refractivity contribution is 7.89. The molecule has 0 spiro atoms. The number of ether oxygens (including phenoxy) is 1. The lowest BCUT2D eigenvalue weighted by molar-refractivity contribution is -0.126. The third-order valence-corrected chi connectivity index (χ3v) is 6.41. The number of amides is 1. The van der Waals surface area contributed by atoms with Gasteiger partial charge in [0.2, 0.25) is 15.9 Å². The van der Waals surface area contributed by atoms with Crippen LogP contribution in [0.15, 0.2) is 23.1 Å². The summed E-state index contributed by atoms with van der Waals surface area (Å²) in [4.78, 5) is 12.7. The van der Waals surface area contributed by atoms with E-state index >= 15 is 0 Å². The zero-order valence-corrected chi connectivity index (χ0v) is 17.1. The fraction of sp³-hybridized carbons (Fsp3) is 0.632. The van der Waals surface area contributed by atoms with Gasteiger partial charge in [0.25, 0.3) is 0 Å². The molecule has 1 aromatic rings. The number of sulfonamides is 1. The molecule has 1 N–H and O–H groups in total. The highest BCUT2D eigenvalue weighted by Gasteiger charge is 2.33. The summed E-state index contributed by atoms with van der Waals surface area (Å²) in [6, 6.07) is 4.85. The van der Waals surface area contributed by atoms with Gasteiger partial charge in [0.1, 0.15) is 5.75 Å². The zero-order chi connectivity index (χ0) is 19.5. The number of carbonyl (C=O) groups is 1. The smallest absolute Gasteiger partial charge is 0.243 e. The molecule has 1 saturated heterocycles. The largest absolute Gasteiger partial charge is 0.496 e. The van der Waals surface area contributed by atoms with Crippen molar-refractivity contribution in [2.24, 2.45) is 11.3 Å². The van der Waals surface area contributed by atoms with E-state index in [1.165, 1.54) is 4.31 Å². The molecule has 0 radical (unpaired) electrons. The number of benzene rings is 1. The van der Waals surface area contributed by atoms with Gasteiger partial charge in [-0.05, 0) is 48.9 Å². The predicted molar refractivity (Wildman–Crippen MR) is 102 cm³/mol. The first-order valence-electron chi connectivity index (χ1n) is 8.97. The Labute approximate surface area is 157 Å². The minimum absolute atomic E-state index is 0.00326. The Morgan fingerprint density at radius 3 is 2.62 bits per heavy atom. The summed E-state index contributed by atoms with van der Waals surface area (Å²) < 4.78 is 32.6. The van der Waals surface area contributed by atoms with Crippen LogP contribution in [0, 0.1) is 18.3 Å². The van der Waals surface area contributed by atoms with Gasteiger partial charge in [0.05, 0.1) is 17.9 Å². The average molecular weight is 383 g/mol. The summed E-state index contributed by atoms with van der Waals surface area (Å²) in [5, 5.41) is 2.95. The number of nitrogens with zero attached hydrogens (tertiary/aromatic N) is 1. The van der Waals surface area contributed by atoms with Gasteiger partial charge in [-0.2, -0.15) is 4.31 Å². The normalized spacial score (nSPS) is 19.2. The Kier molecular flexibility index (Phi) is 6.34. The van der Waals surface area contributed by atoms with Crippen molar-refractivity contribution in [3.8, 4) is 5.75 Å². The van der Waals surface area contributed by atoms with Gasteiger partial charge in [-0.1, -0.05) is 20.8 Å². The van der Waals surface area contributed by atoms with Gasteiger partial charge < -0.3 is 10.1 Å². The van der Waals surface area contributed by atoms with Crippen LogP contribution in [0.25, 0.3) is 0 Å². The van der Waals surface area contributed by atoms with Crippen molar-refractivity contribution < 1.29 is 17.9 Å². The number of rotatable bonds is 5. The Balaban J connectivity index is 2.12. The lowest BCUT2D eigenvalue weighted by Gasteiger charge is -2.32. The molecule has 26 heavy (non-hydrogen) atoms. The summed E-state index contributed by atoms with van der Waals surface area (Å²) in [6.07, 6.45) is 1.39. The van der Waals surface area contributed by atoms with Crippen molar-refractivity contribution in [1.82, 2.24) is 9.62 Å². The summed E-state index contributed by atoms with van der Waals surface area (Å²) in [5.41, 5.74) is 0.765. The van der Waals surface area contributed by atoms with Crippen LogP contribution in [0.1, 0.15) is 39.2 Å². The Bertz CT molecular complexity index is 753. The second-order valence-corrected chi connectivity index (χ2v) is 10.1. The number of aryl methyl sites for hydroxylation is 1. The molecule has 1 aliphatic heterocycles. The lowest BCUT2D eigenvalue weighted by Crippen LogP contribution is -2.46. The Morgan fingerprint density at radius 2 is 2.04 bits per heavy atom. The van der Waals surface area contributed by atoms with Crippen LogP contribution in [0.2, 0.25) is 0 Å². The molecule has 0 aromatic heterocycles. The van der Waals surface area contributed by atoms with Gasteiger partial charge in [0, 0.05) is 19.6 Å². The Morgan fingerprint density at radius 1 is 1.35 bits per heavy atom. The molecule has 1 heterocycles. The van der Waals surface area contributed by atoms with E-state index in [0.29, 0.717) is 31.7 Å². The molecule has 0 aliphatic carbocycles. The fourth-order valence-electron chi connectivity index (χ4n) is 3.03. The topological polar surface area (TPSA) is 75.7 Å². The lowest BCUT2D eigenvalue weighted by atomic mass is 9.95. The molecule has 7 heteroatoms. The standard InChI is InChI=1S/C19H30N2O4S/c1-14-11-16(8-9-17(14)25-5)26(23,24)21-10-6-7-15(12-21)18(22)20-13-19(2,3)4/h8-9,11,15H,6-7,10,12-13H2,1-5H3,(H,20,22). The van der Waals surface area contributed by atoms with E-state index in [-0.39, 0.29) is 28.7 Å². The monoisotopic (exact) mass is 382 g/mol. The third kappa shape index (κ3) is 4.98. The number of methoxy groups -OCH3 is 1. The van der Waals surface area contributed by atoms with Gasteiger partial charge in [-0.15, -0.1) is 0 Å². The molecule has 0 bridgehead atoms. The second kappa shape index (κ2) is 7.96. The number of piperidine rings is 1. The minimum atomic E-state index is -3.62. The minimum Gasteiger partial charge on any atom is -0.496 e. The molecule has 146 valence electrons. The summed E-state index contributed by atoms with van der Waals surface area (Å²) in [7, 11) is -2.06.